The van der Waals surface area contributed by atoms with Crippen molar-refractivity contribution in [2.75, 3.05) is 5.32 Å². The van der Waals surface area contributed by atoms with Crippen molar-refractivity contribution in [3.63, 3.8) is 0 Å². The van der Waals surface area contributed by atoms with Gasteiger partial charge in [0.2, 0.25) is 0 Å². The van der Waals surface area contributed by atoms with Crippen LogP contribution in [0.25, 0.3) is 0 Å². The normalized spacial score (nSPS) is 10.1. The third-order valence-electron chi connectivity index (χ3n) is 1.77. The molecule has 3 nitrogen and oxygen atoms in total. The van der Waals surface area contributed by atoms with Gasteiger partial charge in [-0.05, 0) is 19.1 Å². The Kier molecular flexibility index (Phi) is 2.74. The van der Waals surface area contributed by atoms with E-state index in [1.807, 2.05) is 31.3 Å². The van der Waals surface area contributed by atoms with Crippen molar-refractivity contribution in [3.8, 4) is 0 Å². The summed E-state index contributed by atoms with van der Waals surface area (Å²) in [4.78, 5) is 9.64. The SMILES string of the molecule is Cc1cnc(NCc2ccccn2)s1. The van der Waals surface area contributed by atoms with Gasteiger partial charge in [0.25, 0.3) is 0 Å². The van der Waals surface area contributed by atoms with Crippen LogP contribution in [-0.2, 0) is 6.54 Å². The van der Waals surface area contributed by atoms with E-state index in [-0.39, 0.29) is 0 Å². The fraction of sp³-hybridized carbons (Fsp3) is 0.200. The van der Waals surface area contributed by atoms with Gasteiger partial charge in [-0.3, -0.25) is 4.98 Å². The molecule has 2 aromatic heterocycles. The Morgan fingerprint density at radius 3 is 2.93 bits per heavy atom. The highest BCUT2D eigenvalue weighted by molar-refractivity contribution is 7.15. The Morgan fingerprint density at radius 2 is 2.29 bits per heavy atom. The smallest absolute Gasteiger partial charge is 0.183 e. The van der Waals surface area contributed by atoms with Gasteiger partial charge in [0, 0.05) is 17.3 Å². The van der Waals surface area contributed by atoms with E-state index in [9.17, 15) is 0 Å². The predicted molar refractivity (Wildman–Crippen MR) is 58.4 cm³/mol. The summed E-state index contributed by atoms with van der Waals surface area (Å²) in [5.74, 6) is 0. The number of hydrogen-bond acceptors (Lipinski definition) is 4. The second-order valence-electron chi connectivity index (χ2n) is 2.95. The van der Waals surface area contributed by atoms with Crippen LogP contribution in [0.4, 0.5) is 5.13 Å². The van der Waals surface area contributed by atoms with Gasteiger partial charge in [0.15, 0.2) is 5.13 Å². The molecule has 2 aromatic rings. The van der Waals surface area contributed by atoms with E-state index < -0.39 is 0 Å². The van der Waals surface area contributed by atoms with E-state index in [0.717, 1.165) is 17.4 Å². The van der Waals surface area contributed by atoms with Crippen molar-refractivity contribution in [2.24, 2.45) is 0 Å². The van der Waals surface area contributed by atoms with Crippen molar-refractivity contribution < 1.29 is 0 Å². The van der Waals surface area contributed by atoms with Crippen LogP contribution in [-0.4, -0.2) is 9.97 Å². The molecule has 1 N–H and O–H groups in total. The lowest BCUT2D eigenvalue weighted by Crippen LogP contribution is -2.00. The first-order chi connectivity index (χ1) is 6.84. The number of rotatable bonds is 3. The van der Waals surface area contributed by atoms with Gasteiger partial charge in [-0.1, -0.05) is 6.07 Å². The Bertz CT molecular complexity index is 397. The summed E-state index contributed by atoms with van der Waals surface area (Å²) in [6.45, 7) is 2.78. The first-order valence-electron chi connectivity index (χ1n) is 4.41. The molecule has 0 unspecified atom stereocenters. The van der Waals surface area contributed by atoms with E-state index in [0.29, 0.717) is 0 Å². The van der Waals surface area contributed by atoms with Crippen LogP contribution in [0.3, 0.4) is 0 Å². The summed E-state index contributed by atoms with van der Waals surface area (Å²) < 4.78 is 0. The van der Waals surface area contributed by atoms with Crippen molar-refractivity contribution in [1.82, 2.24) is 9.97 Å². The summed E-state index contributed by atoms with van der Waals surface area (Å²) in [5.41, 5.74) is 1.03. The van der Waals surface area contributed by atoms with Crippen molar-refractivity contribution in [1.29, 1.82) is 0 Å². The second-order valence-corrected chi connectivity index (χ2v) is 4.19. The number of hydrogen-bond donors (Lipinski definition) is 1. The fourth-order valence-corrected chi connectivity index (χ4v) is 1.77. The molecule has 0 saturated carbocycles. The first kappa shape index (κ1) is 9.15. The molecule has 0 aliphatic heterocycles. The fourth-order valence-electron chi connectivity index (χ4n) is 1.11. The van der Waals surface area contributed by atoms with Crippen LogP contribution in [0.15, 0.2) is 30.6 Å². The Morgan fingerprint density at radius 1 is 1.36 bits per heavy atom. The molecule has 2 heterocycles. The predicted octanol–water partition coefficient (Wildman–Crippen LogP) is 2.46. The van der Waals surface area contributed by atoms with Crippen LogP contribution in [0.2, 0.25) is 0 Å². The van der Waals surface area contributed by atoms with Gasteiger partial charge in [-0.2, -0.15) is 0 Å². The molecule has 0 bridgehead atoms. The van der Waals surface area contributed by atoms with Gasteiger partial charge >= 0.3 is 0 Å². The molecule has 72 valence electrons. The number of nitrogens with zero attached hydrogens (tertiary/aromatic N) is 2. The minimum atomic E-state index is 0.730. The number of thiazole rings is 1. The van der Waals surface area contributed by atoms with Gasteiger partial charge in [-0.15, -0.1) is 11.3 Å². The third-order valence-corrected chi connectivity index (χ3v) is 2.64. The molecule has 14 heavy (non-hydrogen) atoms. The molecule has 0 aliphatic carbocycles. The summed E-state index contributed by atoms with van der Waals surface area (Å²) in [6.07, 6.45) is 3.66. The average molecular weight is 205 g/mol. The monoisotopic (exact) mass is 205 g/mol. The summed E-state index contributed by atoms with van der Waals surface area (Å²) >= 11 is 1.66. The minimum Gasteiger partial charge on any atom is -0.356 e. The number of pyridine rings is 1. The molecule has 4 heteroatoms. The van der Waals surface area contributed by atoms with Crippen molar-refractivity contribution >= 4 is 16.5 Å². The molecule has 2 rings (SSSR count). The van der Waals surface area contributed by atoms with E-state index in [1.165, 1.54) is 4.88 Å². The first-order valence-corrected chi connectivity index (χ1v) is 5.22. The van der Waals surface area contributed by atoms with Gasteiger partial charge in [0.1, 0.15) is 0 Å². The lowest BCUT2D eigenvalue weighted by Gasteiger charge is -2.00. The lowest BCUT2D eigenvalue weighted by atomic mass is 10.3. The zero-order valence-electron chi connectivity index (χ0n) is 7.90. The molecule has 0 spiro atoms. The zero-order chi connectivity index (χ0) is 9.80. The maximum Gasteiger partial charge on any atom is 0.183 e. The molecular weight excluding hydrogens is 194 g/mol. The Balaban J connectivity index is 1.95. The van der Waals surface area contributed by atoms with Crippen LogP contribution in [0, 0.1) is 6.92 Å². The minimum absolute atomic E-state index is 0.730. The van der Waals surface area contributed by atoms with Crippen LogP contribution < -0.4 is 5.32 Å². The molecule has 0 amide bonds. The molecule has 0 saturated heterocycles. The standard InChI is InChI=1S/C10H11N3S/c1-8-6-12-10(14-8)13-7-9-4-2-3-5-11-9/h2-6H,7H2,1H3,(H,12,13). The largest absolute Gasteiger partial charge is 0.356 e. The van der Waals surface area contributed by atoms with E-state index in [4.69, 9.17) is 0 Å². The van der Waals surface area contributed by atoms with E-state index in [2.05, 4.69) is 15.3 Å². The number of aryl methyl sites for hydroxylation is 1. The molecule has 0 aromatic carbocycles. The van der Waals surface area contributed by atoms with Crippen molar-refractivity contribution in [2.45, 2.75) is 13.5 Å². The molecule has 0 aliphatic rings. The van der Waals surface area contributed by atoms with Crippen LogP contribution in [0.1, 0.15) is 10.6 Å². The molecule has 0 fully saturated rings. The van der Waals surface area contributed by atoms with Gasteiger partial charge < -0.3 is 5.32 Å². The van der Waals surface area contributed by atoms with Crippen LogP contribution >= 0.6 is 11.3 Å². The van der Waals surface area contributed by atoms with Gasteiger partial charge in [0.05, 0.1) is 12.2 Å². The van der Waals surface area contributed by atoms with Gasteiger partial charge in [-0.25, -0.2) is 4.98 Å². The zero-order valence-corrected chi connectivity index (χ0v) is 8.71. The lowest BCUT2D eigenvalue weighted by molar-refractivity contribution is 1.04. The number of nitrogens with one attached hydrogen (secondary N) is 1. The van der Waals surface area contributed by atoms with E-state index >= 15 is 0 Å². The second kappa shape index (κ2) is 4.19. The highest BCUT2D eigenvalue weighted by atomic mass is 32.1. The van der Waals surface area contributed by atoms with Crippen LogP contribution in [0.5, 0.6) is 0 Å². The third kappa shape index (κ3) is 2.29. The average Bonchev–Trinajstić information content (AvgIpc) is 2.63. The van der Waals surface area contributed by atoms with E-state index in [1.54, 1.807) is 17.5 Å². The molecule has 0 atom stereocenters. The topological polar surface area (TPSA) is 37.8 Å². The highest BCUT2D eigenvalue weighted by Crippen LogP contribution is 2.16. The maximum absolute atomic E-state index is 4.21. The Labute approximate surface area is 86.8 Å². The maximum atomic E-state index is 4.21. The summed E-state index contributed by atoms with van der Waals surface area (Å²) in [6, 6.07) is 5.89. The van der Waals surface area contributed by atoms with Crippen molar-refractivity contribution in [3.05, 3.63) is 41.2 Å². The summed E-state index contributed by atoms with van der Waals surface area (Å²) in [5, 5.41) is 4.18. The summed E-state index contributed by atoms with van der Waals surface area (Å²) in [7, 11) is 0. The highest BCUT2D eigenvalue weighted by Gasteiger charge is 1.97. The Hall–Kier alpha value is -1.42. The number of anilines is 1. The number of aromatic nitrogens is 2. The molecule has 0 radical (unpaired) electrons. The molecular formula is C10H11N3S. The quantitative estimate of drug-likeness (QED) is 0.836.